The Bertz CT molecular complexity index is 671. The Morgan fingerprint density at radius 1 is 1.25 bits per heavy atom. The van der Waals surface area contributed by atoms with Gasteiger partial charge in [-0.15, -0.1) is 10.2 Å². The van der Waals surface area contributed by atoms with Crippen molar-refractivity contribution in [2.75, 3.05) is 5.43 Å². The van der Waals surface area contributed by atoms with Crippen LogP contribution < -0.4 is 11.3 Å². The third-order valence-corrected chi connectivity index (χ3v) is 2.64. The first-order valence-corrected chi connectivity index (χ1v) is 4.85. The van der Waals surface area contributed by atoms with Gasteiger partial charge in [0.2, 0.25) is 0 Å². The van der Waals surface area contributed by atoms with Crippen LogP contribution in [0.1, 0.15) is 0 Å². The van der Waals surface area contributed by atoms with Gasteiger partial charge in [0, 0.05) is 12.4 Å². The zero-order valence-electron chi connectivity index (χ0n) is 8.68. The maximum Gasteiger partial charge on any atom is 0.257 e. The third-order valence-electron chi connectivity index (χ3n) is 2.64. The molecule has 6 heteroatoms. The molecule has 80 valence electrons. The molecule has 0 aliphatic heterocycles. The maximum absolute atomic E-state index is 5.27. The largest absolute Gasteiger partial charge is 0.326 e. The molecule has 0 aliphatic rings. The highest BCUT2D eigenvalue weighted by atomic mass is 15.4. The summed E-state index contributed by atoms with van der Waals surface area (Å²) in [6.07, 6.45) is 0. The lowest BCUT2D eigenvalue weighted by molar-refractivity contribution is 0.927. The van der Waals surface area contributed by atoms with Crippen molar-refractivity contribution < 1.29 is 0 Å². The molecule has 1 aromatic carbocycles. The second-order valence-electron chi connectivity index (χ2n) is 3.53. The quantitative estimate of drug-likeness (QED) is 0.462. The second kappa shape index (κ2) is 3.14. The van der Waals surface area contributed by atoms with Gasteiger partial charge in [-0.2, -0.15) is 0 Å². The number of nitrogens with zero attached hydrogens (tertiary/aromatic N) is 4. The number of para-hydroxylation sites is 1. The number of anilines is 1. The van der Waals surface area contributed by atoms with Crippen LogP contribution in [0.2, 0.25) is 0 Å². The van der Waals surface area contributed by atoms with E-state index in [1.54, 1.807) is 0 Å². The minimum atomic E-state index is 0.323. The Morgan fingerprint density at radius 3 is 2.88 bits per heavy atom. The number of rotatable bonds is 1. The molecule has 3 aromatic rings. The van der Waals surface area contributed by atoms with Crippen molar-refractivity contribution in [2.24, 2.45) is 12.9 Å². The molecule has 6 nitrogen and oxygen atoms in total. The minimum Gasteiger partial charge on any atom is -0.326 e. The van der Waals surface area contributed by atoms with Crippen molar-refractivity contribution >= 4 is 28.0 Å². The summed E-state index contributed by atoms with van der Waals surface area (Å²) in [5.41, 5.74) is 5.03. The Kier molecular flexibility index (Phi) is 1.78. The summed E-state index contributed by atoms with van der Waals surface area (Å²) >= 11 is 0. The van der Waals surface area contributed by atoms with Crippen molar-refractivity contribution in [1.82, 2.24) is 19.7 Å². The van der Waals surface area contributed by atoms with E-state index in [9.17, 15) is 0 Å². The van der Waals surface area contributed by atoms with E-state index in [1.807, 2.05) is 35.9 Å². The van der Waals surface area contributed by atoms with E-state index in [1.165, 1.54) is 0 Å². The molecular weight excluding hydrogens is 204 g/mol. The van der Waals surface area contributed by atoms with Crippen LogP contribution in [-0.2, 0) is 7.05 Å². The molecule has 3 rings (SSSR count). The number of nitrogen functional groups attached to an aromatic ring is 1. The van der Waals surface area contributed by atoms with Crippen LogP contribution in [0.5, 0.6) is 0 Å². The van der Waals surface area contributed by atoms with Crippen LogP contribution in [0, 0.1) is 0 Å². The number of nitrogens with two attached hydrogens (primary N) is 1. The van der Waals surface area contributed by atoms with Crippen LogP contribution in [0.3, 0.4) is 0 Å². The van der Waals surface area contributed by atoms with E-state index in [-0.39, 0.29) is 0 Å². The summed E-state index contributed by atoms with van der Waals surface area (Å²) in [5, 5.41) is 9.01. The van der Waals surface area contributed by atoms with Crippen molar-refractivity contribution in [3.05, 3.63) is 24.3 Å². The van der Waals surface area contributed by atoms with Crippen molar-refractivity contribution in [3.8, 4) is 0 Å². The average molecular weight is 214 g/mol. The fourth-order valence-electron chi connectivity index (χ4n) is 1.87. The van der Waals surface area contributed by atoms with Gasteiger partial charge in [0.15, 0.2) is 5.65 Å². The number of aryl methyl sites for hydroxylation is 1. The number of aromatic nitrogens is 4. The lowest BCUT2D eigenvalue weighted by Gasteiger charge is -1.96. The fraction of sp³-hybridized carbons (Fsp3) is 0.100. The number of fused-ring (bicyclic) bond motifs is 3. The molecule has 16 heavy (non-hydrogen) atoms. The zero-order valence-corrected chi connectivity index (χ0v) is 8.68. The van der Waals surface area contributed by atoms with Gasteiger partial charge < -0.3 is 4.57 Å². The van der Waals surface area contributed by atoms with Gasteiger partial charge >= 0.3 is 0 Å². The molecule has 2 aromatic heterocycles. The predicted molar refractivity (Wildman–Crippen MR) is 61.6 cm³/mol. The van der Waals surface area contributed by atoms with Crippen LogP contribution >= 0.6 is 0 Å². The summed E-state index contributed by atoms with van der Waals surface area (Å²) in [7, 11) is 1.94. The monoisotopic (exact) mass is 214 g/mol. The normalized spacial score (nSPS) is 11.1. The molecule has 2 heterocycles. The third kappa shape index (κ3) is 1.07. The molecule has 0 radical (unpaired) electrons. The van der Waals surface area contributed by atoms with Gasteiger partial charge in [-0.05, 0) is 6.07 Å². The predicted octanol–water partition coefficient (Wildman–Crippen LogP) is 0.802. The lowest BCUT2D eigenvalue weighted by atomic mass is 10.2. The first kappa shape index (κ1) is 9.05. The summed E-state index contributed by atoms with van der Waals surface area (Å²) in [5.74, 6) is 5.59. The molecule has 0 aliphatic carbocycles. The minimum absolute atomic E-state index is 0.323. The number of hydrogen-bond donors (Lipinski definition) is 2. The van der Waals surface area contributed by atoms with Crippen LogP contribution in [0.25, 0.3) is 22.1 Å². The van der Waals surface area contributed by atoms with Crippen LogP contribution in [0.15, 0.2) is 24.3 Å². The average Bonchev–Trinajstić information content (AvgIpc) is 2.64. The van der Waals surface area contributed by atoms with E-state index in [0.29, 0.717) is 5.95 Å². The first-order valence-electron chi connectivity index (χ1n) is 4.85. The highest BCUT2D eigenvalue weighted by Gasteiger charge is 2.11. The van der Waals surface area contributed by atoms with Gasteiger partial charge in [0.25, 0.3) is 5.95 Å². The van der Waals surface area contributed by atoms with E-state index in [2.05, 4.69) is 20.6 Å². The fourth-order valence-corrected chi connectivity index (χ4v) is 1.87. The van der Waals surface area contributed by atoms with Crippen molar-refractivity contribution in [1.29, 1.82) is 0 Å². The Hall–Kier alpha value is -2.21. The summed E-state index contributed by atoms with van der Waals surface area (Å²) in [4.78, 5) is 4.31. The zero-order chi connectivity index (χ0) is 11.1. The number of benzene rings is 1. The van der Waals surface area contributed by atoms with E-state index in [0.717, 1.165) is 22.1 Å². The smallest absolute Gasteiger partial charge is 0.257 e. The van der Waals surface area contributed by atoms with E-state index < -0.39 is 0 Å². The molecule has 0 unspecified atom stereocenters. The molecule has 0 saturated heterocycles. The van der Waals surface area contributed by atoms with Gasteiger partial charge in [0.05, 0.1) is 5.52 Å². The molecule has 3 N–H and O–H groups in total. The molecular formula is C10H10N6. The summed E-state index contributed by atoms with van der Waals surface area (Å²) < 4.78 is 1.96. The number of hydrogen-bond acceptors (Lipinski definition) is 5. The van der Waals surface area contributed by atoms with E-state index in [4.69, 9.17) is 5.84 Å². The Labute approximate surface area is 91.1 Å². The van der Waals surface area contributed by atoms with Crippen molar-refractivity contribution in [3.63, 3.8) is 0 Å². The Morgan fingerprint density at radius 2 is 2.06 bits per heavy atom. The maximum atomic E-state index is 5.27. The molecule has 0 spiro atoms. The number of hydrazine groups is 1. The molecule has 0 amide bonds. The highest BCUT2D eigenvalue weighted by Crippen LogP contribution is 2.24. The Balaban J connectivity index is 2.52. The van der Waals surface area contributed by atoms with Gasteiger partial charge in [0.1, 0.15) is 5.52 Å². The van der Waals surface area contributed by atoms with Gasteiger partial charge in [-0.1, -0.05) is 18.2 Å². The molecule has 0 bridgehead atoms. The van der Waals surface area contributed by atoms with Gasteiger partial charge in [-0.25, -0.2) is 10.8 Å². The summed E-state index contributed by atoms with van der Waals surface area (Å²) in [6.45, 7) is 0. The van der Waals surface area contributed by atoms with E-state index >= 15 is 0 Å². The molecule has 0 saturated carbocycles. The standard InChI is InChI=1S/C10H10N6/c1-16-7-5-3-2-4-6(7)8-9(16)14-15-10(12-8)13-11/h2-5H,11H2,1H3,(H,12,13,15). The van der Waals surface area contributed by atoms with Crippen LogP contribution in [-0.4, -0.2) is 19.7 Å². The SMILES string of the molecule is Cn1c2ccccc2c2nc(NN)nnc21. The van der Waals surface area contributed by atoms with Crippen LogP contribution in [0.4, 0.5) is 5.95 Å². The number of nitrogens with one attached hydrogen (secondary N) is 1. The highest BCUT2D eigenvalue weighted by molar-refractivity contribution is 6.04. The lowest BCUT2D eigenvalue weighted by Crippen LogP contribution is -2.11. The summed E-state index contributed by atoms with van der Waals surface area (Å²) in [6, 6.07) is 7.98. The topological polar surface area (TPSA) is 81.7 Å². The molecule has 0 fully saturated rings. The van der Waals surface area contributed by atoms with Crippen molar-refractivity contribution in [2.45, 2.75) is 0 Å². The van der Waals surface area contributed by atoms with Gasteiger partial charge in [-0.3, -0.25) is 5.43 Å². The first-order chi connectivity index (χ1) is 7.81. The second-order valence-corrected chi connectivity index (χ2v) is 3.53. The molecule has 0 atom stereocenters.